The van der Waals surface area contributed by atoms with E-state index in [1.165, 1.54) is 6.34 Å². The van der Waals surface area contributed by atoms with Gasteiger partial charge in [0, 0.05) is 6.54 Å². The van der Waals surface area contributed by atoms with Gasteiger partial charge in [0.2, 0.25) is 0 Å². The Bertz CT molecular complexity index is 615. The van der Waals surface area contributed by atoms with Crippen LogP contribution in [0.25, 0.3) is 0 Å². The SMILES string of the molecule is CCN(Cc1cc(C(C)(C)C#N)cc(C(C)(C)C#N)c1)/N=C\N. The maximum Gasteiger partial charge on any atom is 0.106 e. The van der Waals surface area contributed by atoms with E-state index >= 15 is 0 Å². The molecule has 0 aromatic heterocycles. The lowest BCUT2D eigenvalue weighted by molar-refractivity contribution is 0.296. The fraction of sp³-hybridized carbons (Fsp3) is 0.500. The Labute approximate surface area is 139 Å². The van der Waals surface area contributed by atoms with Crippen molar-refractivity contribution in [1.82, 2.24) is 5.01 Å². The smallest absolute Gasteiger partial charge is 0.106 e. The van der Waals surface area contributed by atoms with Gasteiger partial charge in [-0.25, -0.2) is 0 Å². The number of nitrogens with two attached hydrogens (primary N) is 1. The Balaban J connectivity index is 3.42. The van der Waals surface area contributed by atoms with Crippen molar-refractivity contribution < 1.29 is 0 Å². The third-order valence-corrected chi connectivity index (χ3v) is 3.96. The predicted molar refractivity (Wildman–Crippen MR) is 92.5 cm³/mol. The molecule has 1 aromatic rings. The summed E-state index contributed by atoms with van der Waals surface area (Å²) in [7, 11) is 0. The molecule has 2 N–H and O–H groups in total. The molecule has 23 heavy (non-hydrogen) atoms. The second-order valence-corrected chi connectivity index (χ2v) is 6.64. The zero-order valence-electron chi connectivity index (χ0n) is 14.6. The van der Waals surface area contributed by atoms with Crippen LogP contribution in [0.2, 0.25) is 0 Å². The lowest BCUT2D eigenvalue weighted by Gasteiger charge is -2.24. The first kappa shape index (κ1) is 18.5. The number of nitrogens with zero attached hydrogens (tertiary/aromatic N) is 4. The quantitative estimate of drug-likeness (QED) is 0.497. The molecular formula is C18H25N5. The molecule has 0 heterocycles. The van der Waals surface area contributed by atoms with E-state index in [4.69, 9.17) is 5.73 Å². The molecule has 0 fully saturated rings. The summed E-state index contributed by atoms with van der Waals surface area (Å²) in [5.74, 6) is 0. The molecule has 0 saturated heterocycles. The lowest BCUT2D eigenvalue weighted by Crippen LogP contribution is -2.22. The zero-order chi connectivity index (χ0) is 17.7. The monoisotopic (exact) mass is 311 g/mol. The average Bonchev–Trinajstić information content (AvgIpc) is 2.54. The van der Waals surface area contributed by atoms with Crippen molar-refractivity contribution in [1.29, 1.82) is 10.5 Å². The van der Waals surface area contributed by atoms with Crippen molar-refractivity contribution in [3.05, 3.63) is 34.9 Å². The van der Waals surface area contributed by atoms with Gasteiger partial charge in [0.1, 0.15) is 6.34 Å². The van der Waals surface area contributed by atoms with Crippen molar-refractivity contribution in [3.8, 4) is 12.1 Å². The Morgan fingerprint density at radius 3 is 1.91 bits per heavy atom. The van der Waals surface area contributed by atoms with Crippen molar-refractivity contribution in [2.45, 2.75) is 52.0 Å². The van der Waals surface area contributed by atoms with Crippen LogP contribution in [0.15, 0.2) is 23.3 Å². The Kier molecular flexibility index (Phi) is 5.76. The molecule has 122 valence electrons. The van der Waals surface area contributed by atoms with Crippen LogP contribution in [0, 0.1) is 22.7 Å². The van der Waals surface area contributed by atoms with Crippen LogP contribution < -0.4 is 5.73 Å². The molecule has 5 heteroatoms. The topological polar surface area (TPSA) is 89.2 Å². The normalized spacial score (nSPS) is 12.0. The molecule has 0 amide bonds. The standard InChI is InChI=1S/C18H25N5/c1-6-23(22-13-21)10-14-7-15(17(2,3)11-19)9-16(8-14)18(4,5)12-20/h7-9,13H,6,10H2,1-5H3,(H2,21,22). The molecule has 0 aliphatic carbocycles. The van der Waals surface area contributed by atoms with Gasteiger partial charge in [-0.15, -0.1) is 0 Å². The summed E-state index contributed by atoms with van der Waals surface area (Å²) in [6, 6.07) is 10.6. The van der Waals surface area contributed by atoms with E-state index in [0.717, 1.165) is 23.2 Å². The fourth-order valence-electron chi connectivity index (χ4n) is 2.17. The summed E-state index contributed by atoms with van der Waals surface area (Å²) >= 11 is 0. The van der Waals surface area contributed by atoms with Crippen LogP contribution in [-0.4, -0.2) is 17.9 Å². The van der Waals surface area contributed by atoms with Crippen LogP contribution >= 0.6 is 0 Å². The van der Waals surface area contributed by atoms with Gasteiger partial charge in [-0.2, -0.15) is 15.6 Å². The van der Waals surface area contributed by atoms with Gasteiger partial charge in [-0.3, -0.25) is 5.01 Å². The largest absolute Gasteiger partial charge is 0.388 e. The minimum absolute atomic E-state index is 0.577. The second kappa shape index (κ2) is 7.15. The molecule has 0 radical (unpaired) electrons. The van der Waals surface area contributed by atoms with Gasteiger partial charge in [-0.05, 0) is 51.3 Å². The maximum absolute atomic E-state index is 9.44. The van der Waals surface area contributed by atoms with Crippen LogP contribution in [0.3, 0.4) is 0 Å². The molecule has 0 spiro atoms. The highest BCUT2D eigenvalue weighted by Crippen LogP contribution is 2.30. The molecule has 1 aromatic carbocycles. The molecule has 0 aliphatic heterocycles. The van der Waals surface area contributed by atoms with Gasteiger partial charge in [0.15, 0.2) is 0 Å². The van der Waals surface area contributed by atoms with Crippen molar-refractivity contribution in [2.75, 3.05) is 6.54 Å². The van der Waals surface area contributed by atoms with Gasteiger partial charge in [0.05, 0.1) is 29.5 Å². The summed E-state index contributed by atoms with van der Waals surface area (Å²) in [6.45, 7) is 10.8. The Morgan fingerprint density at radius 1 is 1.09 bits per heavy atom. The van der Waals surface area contributed by atoms with Crippen LogP contribution in [0.1, 0.15) is 51.3 Å². The Morgan fingerprint density at radius 2 is 1.57 bits per heavy atom. The first-order chi connectivity index (χ1) is 10.7. The number of benzene rings is 1. The number of hydrazone groups is 1. The molecule has 5 nitrogen and oxygen atoms in total. The van der Waals surface area contributed by atoms with E-state index in [1.54, 1.807) is 0 Å². The second-order valence-electron chi connectivity index (χ2n) is 6.64. The van der Waals surface area contributed by atoms with Gasteiger partial charge < -0.3 is 5.73 Å². The molecular weight excluding hydrogens is 286 g/mol. The highest BCUT2D eigenvalue weighted by atomic mass is 15.4. The predicted octanol–water partition coefficient (Wildman–Crippen LogP) is 3.01. The molecule has 0 aliphatic rings. The summed E-state index contributed by atoms with van der Waals surface area (Å²) < 4.78 is 0. The van der Waals surface area contributed by atoms with Crippen molar-refractivity contribution in [3.63, 3.8) is 0 Å². The van der Waals surface area contributed by atoms with Gasteiger partial charge in [-0.1, -0.05) is 18.2 Å². The van der Waals surface area contributed by atoms with Crippen molar-refractivity contribution in [2.24, 2.45) is 10.8 Å². The first-order valence-electron chi connectivity index (χ1n) is 7.66. The summed E-state index contributed by atoms with van der Waals surface area (Å²) in [5.41, 5.74) is 6.96. The molecule has 0 bridgehead atoms. The molecule has 1 rings (SSSR count). The first-order valence-corrected chi connectivity index (χ1v) is 7.66. The summed E-state index contributed by atoms with van der Waals surface area (Å²) in [6.07, 6.45) is 1.27. The van der Waals surface area contributed by atoms with Gasteiger partial charge >= 0.3 is 0 Å². The number of rotatable bonds is 6. The van der Waals surface area contributed by atoms with E-state index in [0.29, 0.717) is 6.54 Å². The third-order valence-electron chi connectivity index (χ3n) is 3.96. The Hall–Kier alpha value is -2.53. The van der Waals surface area contributed by atoms with Crippen LogP contribution in [-0.2, 0) is 17.4 Å². The summed E-state index contributed by atoms with van der Waals surface area (Å²) in [5, 5.41) is 24.8. The van der Waals surface area contributed by atoms with E-state index in [2.05, 4.69) is 17.2 Å². The van der Waals surface area contributed by atoms with Crippen LogP contribution in [0.5, 0.6) is 0 Å². The number of nitriles is 2. The molecule has 0 saturated carbocycles. The van der Waals surface area contributed by atoms with Crippen molar-refractivity contribution >= 4 is 6.34 Å². The van der Waals surface area contributed by atoms with E-state index in [1.807, 2.05) is 57.8 Å². The van der Waals surface area contributed by atoms with Gasteiger partial charge in [0.25, 0.3) is 0 Å². The lowest BCUT2D eigenvalue weighted by atomic mass is 9.79. The molecule has 0 atom stereocenters. The fourth-order valence-corrected chi connectivity index (χ4v) is 2.17. The third kappa shape index (κ3) is 4.47. The number of hydrogen-bond donors (Lipinski definition) is 1. The van der Waals surface area contributed by atoms with E-state index in [-0.39, 0.29) is 0 Å². The number of hydrogen-bond acceptors (Lipinski definition) is 4. The van der Waals surface area contributed by atoms with Crippen LogP contribution in [0.4, 0.5) is 0 Å². The zero-order valence-corrected chi connectivity index (χ0v) is 14.6. The highest BCUT2D eigenvalue weighted by molar-refractivity contribution is 5.50. The van der Waals surface area contributed by atoms with E-state index in [9.17, 15) is 10.5 Å². The minimum Gasteiger partial charge on any atom is -0.388 e. The van der Waals surface area contributed by atoms with E-state index < -0.39 is 10.8 Å². The average molecular weight is 311 g/mol. The minimum atomic E-state index is -0.621. The highest BCUT2D eigenvalue weighted by Gasteiger charge is 2.26. The molecule has 0 unspecified atom stereocenters. The summed E-state index contributed by atoms with van der Waals surface area (Å²) in [4.78, 5) is 0. The maximum atomic E-state index is 9.44.